The summed E-state index contributed by atoms with van der Waals surface area (Å²) in [5.74, 6) is 2.53. The van der Waals surface area contributed by atoms with Gasteiger partial charge in [0.15, 0.2) is 0 Å². The van der Waals surface area contributed by atoms with Gasteiger partial charge in [0.2, 0.25) is 0 Å². The molecule has 1 aliphatic heterocycles. The first-order valence-electron chi connectivity index (χ1n) is 5.76. The van der Waals surface area contributed by atoms with Crippen LogP contribution in [-0.2, 0) is 0 Å². The van der Waals surface area contributed by atoms with Gasteiger partial charge in [0.25, 0.3) is 0 Å². The minimum atomic E-state index is -0.627. The predicted molar refractivity (Wildman–Crippen MR) is 67.5 cm³/mol. The van der Waals surface area contributed by atoms with Crippen LogP contribution >= 0.6 is 11.8 Å². The Bertz CT molecular complexity index is 176. The van der Waals surface area contributed by atoms with Crippen molar-refractivity contribution < 1.29 is 5.11 Å². The molecule has 1 heterocycles. The first-order valence-corrected chi connectivity index (χ1v) is 6.91. The summed E-state index contributed by atoms with van der Waals surface area (Å²) in [6, 6.07) is 0.150. The van der Waals surface area contributed by atoms with Gasteiger partial charge >= 0.3 is 0 Å². The van der Waals surface area contributed by atoms with Crippen LogP contribution in [0.4, 0.5) is 0 Å². The molecule has 0 amide bonds. The van der Waals surface area contributed by atoms with Crippen LogP contribution < -0.4 is 5.32 Å². The molecule has 0 aromatic carbocycles. The maximum absolute atomic E-state index is 9.74. The van der Waals surface area contributed by atoms with Crippen molar-refractivity contribution in [2.45, 2.75) is 32.4 Å². The van der Waals surface area contributed by atoms with Crippen LogP contribution in [0.3, 0.4) is 0 Å². The van der Waals surface area contributed by atoms with E-state index in [4.69, 9.17) is 0 Å². The molecule has 1 rings (SSSR count). The Morgan fingerprint density at radius 2 is 2.00 bits per heavy atom. The fraction of sp³-hybridized carbons (Fsp3) is 1.00. The number of hydrogen-bond acceptors (Lipinski definition) is 4. The van der Waals surface area contributed by atoms with Crippen molar-refractivity contribution in [2.75, 3.05) is 37.7 Å². The first kappa shape index (κ1) is 13.3. The molecule has 0 spiro atoms. The third kappa shape index (κ3) is 5.20. The fourth-order valence-corrected chi connectivity index (χ4v) is 2.49. The van der Waals surface area contributed by atoms with Crippen LogP contribution in [0, 0.1) is 0 Å². The number of nitrogens with zero attached hydrogens (tertiary/aromatic N) is 1. The molecule has 0 radical (unpaired) electrons. The van der Waals surface area contributed by atoms with Crippen molar-refractivity contribution in [3.05, 3.63) is 0 Å². The average molecular weight is 232 g/mol. The highest BCUT2D eigenvalue weighted by molar-refractivity contribution is 7.99. The highest BCUT2D eigenvalue weighted by atomic mass is 32.2. The van der Waals surface area contributed by atoms with Crippen molar-refractivity contribution in [3.63, 3.8) is 0 Å². The van der Waals surface area contributed by atoms with Gasteiger partial charge in [-0.3, -0.25) is 0 Å². The molecule has 90 valence electrons. The summed E-state index contributed by atoms with van der Waals surface area (Å²) < 4.78 is 0. The molecule has 1 saturated heterocycles. The predicted octanol–water partition coefficient (Wildman–Crippen LogP) is 0.784. The Balaban J connectivity index is 2.10. The van der Waals surface area contributed by atoms with E-state index in [9.17, 15) is 5.11 Å². The Labute approximate surface area is 97.6 Å². The highest BCUT2D eigenvalue weighted by Gasteiger charge is 2.21. The molecule has 0 aromatic rings. The van der Waals surface area contributed by atoms with Gasteiger partial charge in [-0.05, 0) is 20.8 Å². The standard InChI is InChI=1S/C11H24N2OS/c1-10(11(2,3)14)12-4-5-13-6-8-15-9-7-13/h10,12,14H,4-9H2,1-3H3. The van der Waals surface area contributed by atoms with Crippen molar-refractivity contribution in [1.82, 2.24) is 10.2 Å². The van der Waals surface area contributed by atoms with Crippen molar-refractivity contribution in [2.24, 2.45) is 0 Å². The molecule has 4 heteroatoms. The summed E-state index contributed by atoms with van der Waals surface area (Å²) in [6.45, 7) is 10.2. The number of nitrogens with one attached hydrogen (secondary N) is 1. The maximum Gasteiger partial charge on any atom is 0.0741 e. The van der Waals surface area contributed by atoms with Gasteiger partial charge in [0, 0.05) is 43.7 Å². The van der Waals surface area contributed by atoms with Crippen molar-refractivity contribution >= 4 is 11.8 Å². The Hall–Kier alpha value is 0.230. The lowest BCUT2D eigenvalue weighted by Gasteiger charge is -2.30. The van der Waals surface area contributed by atoms with E-state index in [1.807, 2.05) is 32.5 Å². The van der Waals surface area contributed by atoms with E-state index in [1.165, 1.54) is 24.6 Å². The summed E-state index contributed by atoms with van der Waals surface area (Å²) in [5.41, 5.74) is -0.627. The zero-order valence-corrected chi connectivity index (χ0v) is 10.9. The number of aliphatic hydroxyl groups is 1. The van der Waals surface area contributed by atoms with Gasteiger partial charge in [-0.2, -0.15) is 11.8 Å². The van der Waals surface area contributed by atoms with E-state index in [0.29, 0.717) is 0 Å². The van der Waals surface area contributed by atoms with Gasteiger partial charge in [0.1, 0.15) is 0 Å². The van der Waals surface area contributed by atoms with Crippen molar-refractivity contribution in [3.8, 4) is 0 Å². The molecule has 0 aliphatic carbocycles. The monoisotopic (exact) mass is 232 g/mol. The van der Waals surface area contributed by atoms with Crippen LogP contribution in [-0.4, -0.2) is 59.3 Å². The molecular formula is C11H24N2OS. The topological polar surface area (TPSA) is 35.5 Å². The molecule has 15 heavy (non-hydrogen) atoms. The number of hydrogen-bond donors (Lipinski definition) is 2. The van der Waals surface area contributed by atoms with E-state index in [0.717, 1.165) is 13.1 Å². The molecule has 1 fully saturated rings. The Kier molecular flexibility index (Phi) is 5.39. The lowest BCUT2D eigenvalue weighted by Crippen LogP contribution is -2.47. The van der Waals surface area contributed by atoms with Crippen LogP contribution in [0.15, 0.2) is 0 Å². The second-order valence-electron chi connectivity index (χ2n) is 4.78. The third-order valence-corrected chi connectivity index (χ3v) is 3.98. The van der Waals surface area contributed by atoms with Crippen LogP contribution in [0.1, 0.15) is 20.8 Å². The molecule has 0 saturated carbocycles. The van der Waals surface area contributed by atoms with Crippen LogP contribution in [0.2, 0.25) is 0 Å². The summed E-state index contributed by atoms with van der Waals surface area (Å²) >= 11 is 2.04. The molecule has 1 aliphatic rings. The van der Waals surface area contributed by atoms with Gasteiger partial charge in [-0.15, -0.1) is 0 Å². The Morgan fingerprint density at radius 1 is 1.40 bits per heavy atom. The van der Waals surface area contributed by atoms with E-state index < -0.39 is 5.60 Å². The number of rotatable bonds is 5. The fourth-order valence-electron chi connectivity index (χ4n) is 1.51. The summed E-state index contributed by atoms with van der Waals surface area (Å²) in [5, 5.41) is 13.1. The van der Waals surface area contributed by atoms with Gasteiger partial charge < -0.3 is 15.3 Å². The van der Waals surface area contributed by atoms with E-state index in [-0.39, 0.29) is 6.04 Å². The smallest absolute Gasteiger partial charge is 0.0741 e. The molecule has 2 N–H and O–H groups in total. The molecule has 3 nitrogen and oxygen atoms in total. The average Bonchev–Trinajstić information content (AvgIpc) is 2.18. The first-order chi connectivity index (χ1) is 7.00. The summed E-state index contributed by atoms with van der Waals surface area (Å²) in [4.78, 5) is 2.49. The van der Waals surface area contributed by atoms with Gasteiger partial charge in [-0.25, -0.2) is 0 Å². The molecule has 0 aromatic heterocycles. The summed E-state index contributed by atoms with van der Waals surface area (Å²) in [7, 11) is 0. The minimum Gasteiger partial charge on any atom is -0.389 e. The van der Waals surface area contributed by atoms with E-state index in [1.54, 1.807) is 0 Å². The van der Waals surface area contributed by atoms with E-state index >= 15 is 0 Å². The number of thioether (sulfide) groups is 1. The Morgan fingerprint density at radius 3 is 2.53 bits per heavy atom. The zero-order valence-electron chi connectivity index (χ0n) is 10.1. The van der Waals surface area contributed by atoms with Crippen LogP contribution in [0.5, 0.6) is 0 Å². The highest BCUT2D eigenvalue weighted by Crippen LogP contribution is 2.09. The lowest BCUT2D eigenvalue weighted by molar-refractivity contribution is 0.0436. The zero-order chi connectivity index (χ0) is 11.3. The largest absolute Gasteiger partial charge is 0.389 e. The minimum absolute atomic E-state index is 0.150. The quantitative estimate of drug-likeness (QED) is 0.734. The SMILES string of the molecule is CC(NCCN1CCSCC1)C(C)(C)O. The second kappa shape index (κ2) is 6.09. The third-order valence-electron chi connectivity index (χ3n) is 3.04. The van der Waals surface area contributed by atoms with E-state index in [2.05, 4.69) is 10.2 Å². The van der Waals surface area contributed by atoms with Crippen LogP contribution in [0.25, 0.3) is 0 Å². The molecule has 1 unspecified atom stereocenters. The second-order valence-corrected chi connectivity index (χ2v) is 6.01. The lowest BCUT2D eigenvalue weighted by atomic mass is 10.0. The molecule has 1 atom stereocenters. The normalized spacial score (nSPS) is 21.6. The maximum atomic E-state index is 9.74. The van der Waals surface area contributed by atoms with Gasteiger partial charge in [-0.1, -0.05) is 0 Å². The summed E-state index contributed by atoms with van der Waals surface area (Å²) in [6.07, 6.45) is 0. The van der Waals surface area contributed by atoms with Crippen molar-refractivity contribution in [1.29, 1.82) is 0 Å². The molecular weight excluding hydrogens is 208 g/mol. The molecule has 0 bridgehead atoms. The van der Waals surface area contributed by atoms with Gasteiger partial charge in [0.05, 0.1) is 5.60 Å².